The fourth-order valence-corrected chi connectivity index (χ4v) is 5.47. The van der Waals surface area contributed by atoms with Gasteiger partial charge in [0.05, 0.1) is 16.4 Å². The van der Waals surface area contributed by atoms with Gasteiger partial charge < -0.3 is 4.42 Å². The van der Waals surface area contributed by atoms with Crippen molar-refractivity contribution in [1.29, 1.82) is 0 Å². The lowest BCUT2D eigenvalue weighted by Crippen LogP contribution is -1.97. The standard InChI is InChI=1S/C26H24Cl2N4OS/c1-2-21-19(8-4-3-7-15-34-26-30-22-9-5-6-10-24(22)33-26)25-29-14-13-23(32(25)31-21)18-12-11-17(27)16-20(18)28/h5-6,9-14,16H,2-4,7-8,15H2,1H3. The molecule has 8 heteroatoms. The molecule has 0 saturated heterocycles. The zero-order valence-corrected chi connectivity index (χ0v) is 21.1. The maximum atomic E-state index is 6.49. The molecule has 5 nitrogen and oxygen atoms in total. The van der Waals surface area contributed by atoms with Gasteiger partial charge in [0.1, 0.15) is 5.52 Å². The Bertz CT molecular complexity index is 1410. The lowest BCUT2D eigenvalue weighted by atomic mass is 10.1. The van der Waals surface area contributed by atoms with Crippen LogP contribution in [0.4, 0.5) is 0 Å². The Hall–Kier alpha value is -2.54. The zero-order chi connectivity index (χ0) is 23.5. The summed E-state index contributed by atoms with van der Waals surface area (Å²) in [5, 5.41) is 6.85. The van der Waals surface area contributed by atoms with Crippen LogP contribution in [0.1, 0.15) is 37.4 Å². The van der Waals surface area contributed by atoms with Crippen LogP contribution in [0.5, 0.6) is 0 Å². The molecule has 3 heterocycles. The third-order valence-corrected chi connectivity index (χ3v) is 7.27. The smallest absolute Gasteiger partial charge is 0.256 e. The molecule has 0 aliphatic rings. The molecule has 0 atom stereocenters. The summed E-state index contributed by atoms with van der Waals surface area (Å²) >= 11 is 14.3. The van der Waals surface area contributed by atoms with Crippen molar-refractivity contribution < 1.29 is 4.42 Å². The minimum atomic E-state index is 0.603. The van der Waals surface area contributed by atoms with Crippen molar-refractivity contribution in [1.82, 2.24) is 19.6 Å². The molecular formula is C26H24Cl2N4OS. The molecule has 3 aromatic heterocycles. The second kappa shape index (κ2) is 10.4. The molecule has 0 bridgehead atoms. The largest absolute Gasteiger partial charge is 0.431 e. The minimum Gasteiger partial charge on any atom is -0.431 e. The number of para-hydroxylation sites is 2. The van der Waals surface area contributed by atoms with Crippen molar-refractivity contribution in [2.24, 2.45) is 0 Å². The van der Waals surface area contributed by atoms with Gasteiger partial charge in [0, 0.05) is 28.1 Å². The number of thioether (sulfide) groups is 1. The van der Waals surface area contributed by atoms with Gasteiger partial charge in [0.25, 0.3) is 5.22 Å². The Labute approximate surface area is 212 Å². The van der Waals surface area contributed by atoms with Crippen LogP contribution in [0.25, 0.3) is 28.0 Å². The predicted molar refractivity (Wildman–Crippen MR) is 140 cm³/mol. The molecule has 0 unspecified atom stereocenters. The van der Waals surface area contributed by atoms with E-state index in [-0.39, 0.29) is 0 Å². The molecule has 0 saturated carbocycles. The summed E-state index contributed by atoms with van der Waals surface area (Å²) in [4.78, 5) is 9.20. The average molecular weight is 511 g/mol. The summed E-state index contributed by atoms with van der Waals surface area (Å²) in [5.74, 6) is 0.986. The fraction of sp³-hybridized carbons (Fsp3) is 0.269. The Morgan fingerprint density at radius 2 is 1.91 bits per heavy atom. The first-order valence-electron chi connectivity index (χ1n) is 11.4. The van der Waals surface area contributed by atoms with Gasteiger partial charge in [0.2, 0.25) is 0 Å². The van der Waals surface area contributed by atoms with E-state index < -0.39 is 0 Å². The number of fused-ring (bicyclic) bond motifs is 2. The van der Waals surface area contributed by atoms with E-state index in [0.717, 1.165) is 76.8 Å². The number of oxazole rings is 1. The molecule has 5 aromatic rings. The number of nitrogens with zero attached hydrogens (tertiary/aromatic N) is 4. The number of benzene rings is 2. The number of unbranched alkanes of at least 4 members (excludes halogenated alkanes) is 2. The van der Waals surface area contributed by atoms with Gasteiger partial charge >= 0.3 is 0 Å². The van der Waals surface area contributed by atoms with E-state index in [9.17, 15) is 0 Å². The van der Waals surface area contributed by atoms with Crippen molar-refractivity contribution in [2.75, 3.05) is 5.75 Å². The topological polar surface area (TPSA) is 56.2 Å². The van der Waals surface area contributed by atoms with Gasteiger partial charge in [-0.1, -0.05) is 60.4 Å². The maximum absolute atomic E-state index is 6.49. The Morgan fingerprint density at radius 3 is 2.74 bits per heavy atom. The molecule has 0 radical (unpaired) electrons. The highest BCUT2D eigenvalue weighted by atomic mass is 35.5. The van der Waals surface area contributed by atoms with Gasteiger partial charge in [-0.15, -0.1) is 0 Å². The maximum Gasteiger partial charge on any atom is 0.256 e. The number of hydrogen-bond donors (Lipinski definition) is 0. The Morgan fingerprint density at radius 1 is 1.03 bits per heavy atom. The average Bonchev–Trinajstić information content (AvgIpc) is 3.42. The molecule has 34 heavy (non-hydrogen) atoms. The SMILES string of the molecule is CCc1nn2c(-c3ccc(Cl)cc3Cl)ccnc2c1CCCCCSc1nc2ccccc2o1. The van der Waals surface area contributed by atoms with E-state index in [4.69, 9.17) is 32.7 Å². The normalized spacial score (nSPS) is 11.6. The van der Waals surface area contributed by atoms with Crippen LogP contribution < -0.4 is 0 Å². The summed E-state index contributed by atoms with van der Waals surface area (Å²) in [6.45, 7) is 2.14. The lowest BCUT2D eigenvalue weighted by molar-refractivity contribution is 0.489. The molecule has 0 spiro atoms. The third-order valence-electron chi connectivity index (χ3n) is 5.81. The second-order valence-electron chi connectivity index (χ2n) is 8.08. The first-order chi connectivity index (χ1) is 16.6. The van der Waals surface area contributed by atoms with Crippen molar-refractivity contribution in [3.8, 4) is 11.3 Å². The number of rotatable bonds is 9. The van der Waals surface area contributed by atoms with Gasteiger partial charge in [-0.3, -0.25) is 0 Å². The number of aryl methyl sites for hydroxylation is 2. The van der Waals surface area contributed by atoms with Crippen LogP contribution in [0.2, 0.25) is 10.0 Å². The Balaban J connectivity index is 1.24. The molecule has 0 fully saturated rings. The first-order valence-corrected chi connectivity index (χ1v) is 13.2. The van der Waals surface area contributed by atoms with Crippen LogP contribution in [-0.4, -0.2) is 25.3 Å². The highest BCUT2D eigenvalue weighted by Crippen LogP contribution is 2.31. The van der Waals surface area contributed by atoms with Gasteiger partial charge in [-0.05, 0) is 62.1 Å². The van der Waals surface area contributed by atoms with Gasteiger partial charge in [-0.25, -0.2) is 14.5 Å². The highest BCUT2D eigenvalue weighted by molar-refractivity contribution is 7.99. The van der Waals surface area contributed by atoms with Crippen molar-refractivity contribution in [2.45, 2.75) is 44.3 Å². The number of halogens is 2. The minimum absolute atomic E-state index is 0.603. The van der Waals surface area contributed by atoms with E-state index in [1.54, 1.807) is 17.8 Å². The first kappa shape index (κ1) is 23.2. The molecule has 2 aromatic carbocycles. The van der Waals surface area contributed by atoms with E-state index >= 15 is 0 Å². The molecule has 5 rings (SSSR count). The molecule has 174 valence electrons. The zero-order valence-electron chi connectivity index (χ0n) is 18.8. The highest BCUT2D eigenvalue weighted by Gasteiger charge is 2.17. The second-order valence-corrected chi connectivity index (χ2v) is 9.96. The summed E-state index contributed by atoms with van der Waals surface area (Å²) in [5.41, 5.74) is 6.79. The van der Waals surface area contributed by atoms with E-state index in [1.807, 2.05) is 53.2 Å². The molecule has 0 N–H and O–H groups in total. The quantitative estimate of drug-likeness (QED) is 0.149. The van der Waals surface area contributed by atoms with Crippen LogP contribution in [0, 0.1) is 0 Å². The van der Waals surface area contributed by atoms with Crippen molar-refractivity contribution in [3.05, 3.63) is 76.0 Å². The number of aromatic nitrogens is 4. The van der Waals surface area contributed by atoms with E-state index in [2.05, 4.69) is 16.9 Å². The summed E-state index contributed by atoms with van der Waals surface area (Å²) in [7, 11) is 0. The summed E-state index contributed by atoms with van der Waals surface area (Å²) < 4.78 is 7.71. The molecular weight excluding hydrogens is 487 g/mol. The Kier molecular flexibility index (Phi) is 7.09. The number of hydrogen-bond acceptors (Lipinski definition) is 5. The molecule has 0 aliphatic heterocycles. The summed E-state index contributed by atoms with van der Waals surface area (Å²) in [6.07, 6.45) is 6.94. The van der Waals surface area contributed by atoms with Crippen LogP contribution >= 0.6 is 35.0 Å². The van der Waals surface area contributed by atoms with Crippen molar-refractivity contribution in [3.63, 3.8) is 0 Å². The van der Waals surface area contributed by atoms with Crippen LogP contribution in [-0.2, 0) is 12.8 Å². The summed E-state index contributed by atoms with van der Waals surface area (Å²) in [6, 6.07) is 15.4. The van der Waals surface area contributed by atoms with Crippen LogP contribution in [0.3, 0.4) is 0 Å². The van der Waals surface area contributed by atoms with Gasteiger partial charge in [-0.2, -0.15) is 5.10 Å². The van der Waals surface area contributed by atoms with Crippen LogP contribution in [0.15, 0.2) is 64.4 Å². The lowest BCUT2D eigenvalue weighted by Gasteiger charge is -2.07. The fourth-order valence-electron chi connectivity index (χ4n) is 4.13. The van der Waals surface area contributed by atoms with Crippen molar-refractivity contribution >= 4 is 51.7 Å². The predicted octanol–water partition coefficient (Wildman–Crippen LogP) is 7.91. The van der Waals surface area contributed by atoms with Gasteiger partial charge in [0.15, 0.2) is 11.2 Å². The third kappa shape index (κ3) is 4.81. The molecule has 0 amide bonds. The molecule has 0 aliphatic carbocycles. The van der Waals surface area contributed by atoms with E-state index in [1.165, 1.54) is 5.56 Å². The van der Waals surface area contributed by atoms with E-state index in [0.29, 0.717) is 10.0 Å². The monoisotopic (exact) mass is 510 g/mol.